The van der Waals surface area contributed by atoms with E-state index in [1.165, 1.54) is 0 Å². The largest absolute Gasteiger partial charge is 0.417 e. The van der Waals surface area contributed by atoms with Crippen LogP contribution in [0.3, 0.4) is 0 Å². The third-order valence-corrected chi connectivity index (χ3v) is 8.24. The van der Waals surface area contributed by atoms with Gasteiger partial charge in [-0.05, 0) is 30.6 Å². The van der Waals surface area contributed by atoms with Crippen molar-refractivity contribution in [1.29, 1.82) is 0 Å². The van der Waals surface area contributed by atoms with Gasteiger partial charge in [-0.15, -0.1) is 0 Å². The van der Waals surface area contributed by atoms with Gasteiger partial charge in [0.15, 0.2) is 8.32 Å². The molecule has 1 atom stereocenters. The molecule has 100 valence electrons. The number of rotatable bonds is 5. The average molecular weight is 257 g/mol. The quantitative estimate of drug-likeness (QED) is 0.584. The molecule has 0 bridgehead atoms. The van der Waals surface area contributed by atoms with Crippen LogP contribution in [-0.4, -0.2) is 32.6 Å². The van der Waals surface area contributed by atoms with Crippen LogP contribution in [0.25, 0.3) is 0 Å². The summed E-state index contributed by atoms with van der Waals surface area (Å²) in [6, 6.07) is 0. The van der Waals surface area contributed by atoms with E-state index in [0.29, 0.717) is 0 Å². The van der Waals surface area contributed by atoms with E-state index in [9.17, 15) is 0 Å². The molecule has 5 heteroatoms. The Balaban J connectivity index is 2.20. The lowest BCUT2D eigenvalue weighted by molar-refractivity contribution is 0.179. The molecule has 0 aromatic carbocycles. The molecule has 1 rings (SSSR count). The number of nitrogens with zero attached hydrogens (tertiary/aromatic N) is 1. The van der Waals surface area contributed by atoms with Gasteiger partial charge >= 0.3 is 0 Å². The zero-order chi connectivity index (χ0) is 13.1. The van der Waals surface area contributed by atoms with Crippen molar-refractivity contribution in [3.8, 4) is 0 Å². The van der Waals surface area contributed by atoms with Crippen LogP contribution in [0, 0.1) is 0 Å². The van der Waals surface area contributed by atoms with Gasteiger partial charge in [0.1, 0.15) is 0 Å². The highest BCUT2D eigenvalue weighted by Gasteiger charge is 2.36. The summed E-state index contributed by atoms with van der Waals surface area (Å²) in [7, 11) is -1.58. The first-order valence-electron chi connectivity index (χ1n) is 6.33. The lowest BCUT2D eigenvalue weighted by Gasteiger charge is -2.36. The second kappa shape index (κ2) is 5.52. The smallest absolute Gasteiger partial charge is 0.191 e. The Morgan fingerprint density at radius 3 is 2.53 bits per heavy atom. The van der Waals surface area contributed by atoms with E-state index < -0.39 is 8.32 Å². The molecule has 0 radical (unpaired) electrons. The van der Waals surface area contributed by atoms with Crippen molar-refractivity contribution >= 4 is 8.32 Å². The van der Waals surface area contributed by atoms with Crippen LogP contribution >= 0.6 is 0 Å². The Morgan fingerprint density at radius 1 is 1.41 bits per heavy atom. The van der Waals surface area contributed by atoms with Crippen LogP contribution in [-0.2, 0) is 4.43 Å². The van der Waals surface area contributed by atoms with Gasteiger partial charge < -0.3 is 15.6 Å². The lowest BCUT2D eigenvalue weighted by atomic mass is 10.2. The highest BCUT2D eigenvalue weighted by Crippen LogP contribution is 2.36. The zero-order valence-corrected chi connectivity index (χ0v) is 12.8. The molecule has 0 aromatic heterocycles. The Labute approximate surface area is 106 Å². The van der Waals surface area contributed by atoms with Gasteiger partial charge in [-0.3, -0.25) is 0 Å². The molecule has 17 heavy (non-hydrogen) atoms. The molecular formula is C12H27N3OSi. The SMILES string of the molecule is CC(C)(C)[Si](C)(C)OCCCN1NC=CC1N. The molecule has 1 aliphatic heterocycles. The first kappa shape index (κ1) is 14.7. The highest BCUT2D eigenvalue weighted by molar-refractivity contribution is 6.74. The molecule has 3 N–H and O–H groups in total. The van der Waals surface area contributed by atoms with Crippen molar-refractivity contribution in [2.75, 3.05) is 13.2 Å². The number of hydrogen-bond donors (Lipinski definition) is 2. The third kappa shape index (κ3) is 4.10. The molecular weight excluding hydrogens is 230 g/mol. The van der Waals surface area contributed by atoms with Gasteiger partial charge in [-0.2, -0.15) is 0 Å². The minimum Gasteiger partial charge on any atom is -0.417 e. The fraction of sp³-hybridized carbons (Fsp3) is 0.833. The van der Waals surface area contributed by atoms with E-state index >= 15 is 0 Å². The standard InChI is InChI=1S/C12H27N3OSi/c1-12(2,3)17(4,5)16-10-6-9-15-11(13)7-8-14-15/h7-8,11,14H,6,9-10,13H2,1-5H3. The van der Waals surface area contributed by atoms with E-state index in [1.807, 2.05) is 17.3 Å². The number of nitrogens with two attached hydrogens (primary N) is 1. The molecule has 0 saturated carbocycles. The molecule has 1 heterocycles. The van der Waals surface area contributed by atoms with Crippen LogP contribution in [0.4, 0.5) is 0 Å². The van der Waals surface area contributed by atoms with E-state index in [1.54, 1.807) is 0 Å². The maximum absolute atomic E-state index is 6.11. The maximum atomic E-state index is 6.11. The van der Waals surface area contributed by atoms with Crippen molar-refractivity contribution in [3.63, 3.8) is 0 Å². The average Bonchev–Trinajstić information content (AvgIpc) is 2.57. The van der Waals surface area contributed by atoms with Crippen molar-refractivity contribution in [3.05, 3.63) is 12.3 Å². The Hall–Kier alpha value is -0.363. The van der Waals surface area contributed by atoms with Crippen LogP contribution in [0.2, 0.25) is 18.1 Å². The van der Waals surface area contributed by atoms with Crippen LogP contribution in [0.1, 0.15) is 27.2 Å². The van der Waals surface area contributed by atoms with Crippen LogP contribution in [0.5, 0.6) is 0 Å². The first-order chi connectivity index (χ1) is 7.74. The minimum atomic E-state index is -1.58. The predicted molar refractivity (Wildman–Crippen MR) is 74.7 cm³/mol. The molecule has 0 saturated heterocycles. The van der Waals surface area contributed by atoms with Crippen LogP contribution in [0.15, 0.2) is 12.3 Å². The third-order valence-electron chi connectivity index (χ3n) is 3.71. The summed E-state index contributed by atoms with van der Waals surface area (Å²) >= 11 is 0. The summed E-state index contributed by atoms with van der Waals surface area (Å²) in [6.45, 7) is 13.1. The Morgan fingerprint density at radius 2 is 2.06 bits per heavy atom. The lowest BCUT2D eigenvalue weighted by Crippen LogP contribution is -2.44. The first-order valence-corrected chi connectivity index (χ1v) is 9.24. The van der Waals surface area contributed by atoms with Gasteiger partial charge in [0.25, 0.3) is 0 Å². The summed E-state index contributed by atoms with van der Waals surface area (Å²) in [6.07, 6.45) is 4.85. The zero-order valence-electron chi connectivity index (χ0n) is 11.8. The molecule has 0 spiro atoms. The molecule has 0 aliphatic carbocycles. The van der Waals surface area contributed by atoms with Crippen molar-refractivity contribution in [2.45, 2.75) is 51.5 Å². The second-order valence-electron chi connectivity index (χ2n) is 6.13. The summed E-state index contributed by atoms with van der Waals surface area (Å²) in [5.41, 5.74) is 8.98. The fourth-order valence-corrected chi connectivity index (χ4v) is 2.51. The number of nitrogens with one attached hydrogen (secondary N) is 1. The van der Waals surface area contributed by atoms with Gasteiger partial charge in [-0.1, -0.05) is 20.8 Å². The van der Waals surface area contributed by atoms with Gasteiger partial charge in [0.05, 0.1) is 6.17 Å². The van der Waals surface area contributed by atoms with Crippen molar-refractivity contribution in [2.24, 2.45) is 5.73 Å². The summed E-state index contributed by atoms with van der Waals surface area (Å²) < 4.78 is 6.11. The van der Waals surface area contributed by atoms with E-state index in [-0.39, 0.29) is 11.2 Å². The van der Waals surface area contributed by atoms with Crippen molar-refractivity contribution in [1.82, 2.24) is 10.4 Å². The van der Waals surface area contributed by atoms with Crippen LogP contribution < -0.4 is 11.2 Å². The molecule has 1 unspecified atom stereocenters. The number of hydrogen-bond acceptors (Lipinski definition) is 4. The second-order valence-corrected chi connectivity index (χ2v) is 10.9. The molecule has 1 aliphatic rings. The summed E-state index contributed by atoms with van der Waals surface area (Å²) in [4.78, 5) is 0. The topological polar surface area (TPSA) is 50.5 Å². The molecule has 0 amide bonds. The normalized spacial score (nSPS) is 21.9. The Bertz CT molecular complexity index is 273. The highest BCUT2D eigenvalue weighted by atomic mass is 28.4. The number of hydrazine groups is 1. The van der Waals surface area contributed by atoms with E-state index in [2.05, 4.69) is 39.3 Å². The fourth-order valence-electron chi connectivity index (χ4n) is 1.42. The van der Waals surface area contributed by atoms with Gasteiger partial charge in [0.2, 0.25) is 0 Å². The molecule has 4 nitrogen and oxygen atoms in total. The summed E-state index contributed by atoms with van der Waals surface area (Å²) in [5, 5.41) is 2.31. The van der Waals surface area contributed by atoms with Gasteiger partial charge in [0, 0.05) is 19.4 Å². The predicted octanol–water partition coefficient (Wildman–Crippen LogP) is 2.02. The summed E-state index contributed by atoms with van der Waals surface area (Å²) in [5.74, 6) is 0. The molecule has 0 fully saturated rings. The maximum Gasteiger partial charge on any atom is 0.191 e. The molecule has 0 aromatic rings. The monoisotopic (exact) mass is 257 g/mol. The van der Waals surface area contributed by atoms with Gasteiger partial charge in [-0.25, -0.2) is 5.01 Å². The van der Waals surface area contributed by atoms with Crippen molar-refractivity contribution < 1.29 is 4.43 Å². The van der Waals surface area contributed by atoms with E-state index in [0.717, 1.165) is 19.6 Å². The van der Waals surface area contributed by atoms with E-state index in [4.69, 9.17) is 10.2 Å². The Kier molecular flexibility index (Phi) is 4.77. The minimum absolute atomic E-state index is 0.00266.